The van der Waals surface area contributed by atoms with Gasteiger partial charge in [-0.2, -0.15) is 4.98 Å². The molecule has 144 valence electrons. The molecular weight excluding hydrogens is 346 g/mol. The van der Waals surface area contributed by atoms with Crippen LogP contribution in [0.1, 0.15) is 11.3 Å². The highest BCUT2D eigenvalue weighted by Crippen LogP contribution is 2.24. The molecule has 1 saturated heterocycles. The summed E-state index contributed by atoms with van der Waals surface area (Å²) in [6, 6.07) is 4.35. The first-order valence-corrected chi connectivity index (χ1v) is 9.27. The number of hydrogen-bond donors (Lipinski definition) is 0. The van der Waals surface area contributed by atoms with Crippen molar-refractivity contribution in [2.24, 2.45) is 0 Å². The van der Waals surface area contributed by atoms with E-state index in [1.165, 1.54) is 0 Å². The summed E-state index contributed by atoms with van der Waals surface area (Å²) in [4.78, 5) is 15.5. The Hall–Kier alpha value is -2.36. The van der Waals surface area contributed by atoms with Crippen LogP contribution in [-0.4, -0.2) is 83.1 Å². The maximum atomic E-state index is 5.75. The van der Waals surface area contributed by atoms with Crippen molar-refractivity contribution < 1.29 is 9.47 Å². The molecule has 0 bridgehead atoms. The smallest absolute Gasteiger partial charge is 0.336 e. The Balaban J connectivity index is 1.40. The first-order chi connectivity index (χ1) is 13.3. The lowest BCUT2D eigenvalue weighted by molar-refractivity contribution is 0.0316. The van der Waals surface area contributed by atoms with E-state index in [9.17, 15) is 0 Å². The van der Waals surface area contributed by atoms with Crippen LogP contribution in [0.15, 0.2) is 24.5 Å². The molecule has 2 aromatic rings. The van der Waals surface area contributed by atoms with Crippen molar-refractivity contribution in [1.29, 1.82) is 0 Å². The molecule has 0 aliphatic carbocycles. The lowest BCUT2D eigenvalue weighted by atomic mass is 10.2. The van der Waals surface area contributed by atoms with E-state index in [1.54, 1.807) is 6.20 Å². The fraction of sp³-hybridized carbons (Fsp3) is 0.556. The predicted molar refractivity (Wildman–Crippen MR) is 99.3 cm³/mol. The van der Waals surface area contributed by atoms with E-state index in [0.717, 1.165) is 69.7 Å². The fourth-order valence-corrected chi connectivity index (χ4v) is 3.34. The van der Waals surface area contributed by atoms with Gasteiger partial charge >= 0.3 is 6.01 Å². The summed E-state index contributed by atoms with van der Waals surface area (Å²) < 4.78 is 11.1. The van der Waals surface area contributed by atoms with Crippen molar-refractivity contribution >= 4 is 5.82 Å². The van der Waals surface area contributed by atoms with E-state index < -0.39 is 0 Å². The Bertz CT molecular complexity index is 740. The number of aromatic nitrogens is 4. The second kappa shape index (κ2) is 8.55. The average Bonchev–Trinajstić information content (AvgIpc) is 2.69. The van der Waals surface area contributed by atoms with Crippen LogP contribution in [0.2, 0.25) is 0 Å². The van der Waals surface area contributed by atoms with Crippen LogP contribution in [0.5, 0.6) is 6.01 Å². The summed E-state index contributed by atoms with van der Waals surface area (Å²) in [7, 11) is 2.07. The number of hydrogen-bond acceptors (Lipinski definition) is 9. The van der Waals surface area contributed by atoms with Gasteiger partial charge in [0.1, 0.15) is 12.3 Å². The molecule has 0 amide bonds. The maximum Gasteiger partial charge on any atom is 0.336 e. The van der Waals surface area contributed by atoms with Gasteiger partial charge in [-0.05, 0) is 18.7 Å². The van der Waals surface area contributed by atoms with Gasteiger partial charge < -0.3 is 14.4 Å². The largest absolute Gasteiger partial charge is 0.461 e. The molecule has 0 saturated carbocycles. The molecule has 0 aromatic carbocycles. The van der Waals surface area contributed by atoms with E-state index >= 15 is 0 Å². The molecule has 2 aliphatic rings. The van der Waals surface area contributed by atoms with Gasteiger partial charge in [-0.1, -0.05) is 11.2 Å². The van der Waals surface area contributed by atoms with Gasteiger partial charge in [-0.3, -0.25) is 14.8 Å². The predicted octanol–water partition coefficient (Wildman–Crippen LogP) is 0.387. The first-order valence-electron chi connectivity index (χ1n) is 9.27. The number of pyridine rings is 1. The van der Waals surface area contributed by atoms with Crippen LogP contribution in [0.3, 0.4) is 0 Å². The minimum absolute atomic E-state index is 0.346. The summed E-state index contributed by atoms with van der Waals surface area (Å²) in [6.45, 7) is 7.09. The number of fused-ring (bicyclic) bond motifs is 1. The van der Waals surface area contributed by atoms with Crippen molar-refractivity contribution in [2.75, 3.05) is 58.1 Å². The summed E-state index contributed by atoms with van der Waals surface area (Å²) in [6.07, 6.45) is 3.65. The van der Waals surface area contributed by atoms with Gasteiger partial charge in [0, 0.05) is 45.1 Å². The van der Waals surface area contributed by atoms with Crippen molar-refractivity contribution in [1.82, 2.24) is 30.0 Å². The van der Waals surface area contributed by atoms with Crippen molar-refractivity contribution in [3.05, 3.63) is 35.8 Å². The van der Waals surface area contributed by atoms with Gasteiger partial charge in [0.2, 0.25) is 0 Å². The molecule has 9 nitrogen and oxygen atoms in total. The van der Waals surface area contributed by atoms with E-state index in [-0.39, 0.29) is 0 Å². The SMILES string of the molecule is CN1Cc2nc(OCCN3CCOCC3)nnc2N(Cc2cccnc2)C1. The molecule has 0 N–H and O–H groups in total. The third-order valence-electron chi connectivity index (χ3n) is 4.69. The summed E-state index contributed by atoms with van der Waals surface area (Å²) in [5.41, 5.74) is 2.02. The Morgan fingerprint density at radius 1 is 1.22 bits per heavy atom. The van der Waals surface area contributed by atoms with Crippen molar-refractivity contribution in [3.63, 3.8) is 0 Å². The minimum Gasteiger partial charge on any atom is -0.461 e. The highest BCUT2D eigenvalue weighted by Gasteiger charge is 2.24. The molecule has 2 aliphatic heterocycles. The third-order valence-corrected chi connectivity index (χ3v) is 4.69. The van der Waals surface area contributed by atoms with Gasteiger partial charge in [0.25, 0.3) is 0 Å². The lowest BCUT2D eigenvalue weighted by Gasteiger charge is -2.34. The molecule has 0 radical (unpaired) electrons. The second-order valence-electron chi connectivity index (χ2n) is 6.88. The van der Waals surface area contributed by atoms with Gasteiger partial charge in [-0.15, -0.1) is 5.10 Å². The summed E-state index contributed by atoms with van der Waals surface area (Å²) >= 11 is 0. The highest BCUT2D eigenvalue weighted by atomic mass is 16.5. The molecule has 1 fully saturated rings. The lowest BCUT2D eigenvalue weighted by Crippen LogP contribution is -2.41. The van der Waals surface area contributed by atoms with Gasteiger partial charge in [0.05, 0.1) is 19.9 Å². The first kappa shape index (κ1) is 18.0. The van der Waals surface area contributed by atoms with E-state index in [0.29, 0.717) is 12.6 Å². The molecule has 0 atom stereocenters. The van der Waals surface area contributed by atoms with Crippen LogP contribution in [-0.2, 0) is 17.8 Å². The Labute approximate surface area is 158 Å². The number of morpholine rings is 1. The highest BCUT2D eigenvalue weighted by molar-refractivity contribution is 5.45. The normalized spacial score (nSPS) is 18.3. The molecule has 9 heteroatoms. The zero-order valence-electron chi connectivity index (χ0n) is 15.6. The third kappa shape index (κ3) is 4.68. The van der Waals surface area contributed by atoms with Crippen molar-refractivity contribution in [2.45, 2.75) is 13.1 Å². The number of rotatable bonds is 6. The molecule has 4 rings (SSSR count). The van der Waals surface area contributed by atoms with E-state index in [1.807, 2.05) is 12.3 Å². The topological polar surface area (TPSA) is 79.7 Å². The standard InChI is InChI=1S/C18H25N7O2/c1-23-13-16-17(25(14-23)12-15-3-2-4-19-11-15)21-22-18(20-16)27-10-7-24-5-8-26-9-6-24/h2-4,11H,5-10,12-14H2,1H3. The number of nitrogens with zero attached hydrogens (tertiary/aromatic N) is 7. The van der Waals surface area contributed by atoms with Gasteiger partial charge in [0.15, 0.2) is 5.82 Å². The average molecular weight is 371 g/mol. The zero-order valence-corrected chi connectivity index (χ0v) is 15.6. The van der Waals surface area contributed by atoms with Crippen LogP contribution < -0.4 is 9.64 Å². The zero-order chi connectivity index (χ0) is 18.5. The Kier molecular flexibility index (Phi) is 5.71. The molecule has 4 heterocycles. The van der Waals surface area contributed by atoms with E-state index in [4.69, 9.17) is 9.47 Å². The monoisotopic (exact) mass is 371 g/mol. The van der Waals surface area contributed by atoms with Crippen LogP contribution in [0.4, 0.5) is 5.82 Å². The number of ether oxygens (including phenoxy) is 2. The van der Waals surface area contributed by atoms with Crippen molar-refractivity contribution in [3.8, 4) is 6.01 Å². The number of anilines is 1. The van der Waals surface area contributed by atoms with E-state index in [2.05, 4.69) is 48.0 Å². The maximum absolute atomic E-state index is 5.75. The molecule has 0 unspecified atom stereocenters. The molecule has 2 aromatic heterocycles. The Morgan fingerprint density at radius 3 is 2.93 bits per heavy atom. The van der Waals surface area contributed by atoms with Crippen LogP contribution >= 0.6 is 0 Å². The quantitative estimate of drug-likeness (QED) is 0.716. The van der Waals surface area contributed by atoms with Crippen LogP contribution in [0.25, 0.3) is 0 Å². The molecular formula is C18H25N7O2. The molecule has 0 spiro atoms. The Morgan fingerprint density at radius 2 is 2.11 bits per heavy atom. The minimum atomic E-state index is 0.346. The summed E-state index contributed by atoms with van der Waals surface area (Å²) in [5, 5.41) is 8.59. The summed E-state index contributed by atoms with van der Waals surface area (Å²) in [5.74, 6) is 0.817. The fourth-order valence-electron chi connectivity index (χ4n) is 3.34. The molecule has 27 heavy (non-hydrogen) atoms. The van der Waals surface area contributed by atoms with Gasteiger partial charge in [-0.25, -0.2) is 0 Å². The van der Waals surface area contributed by atoms with Crippen LogP contribution in [0, 0.1) is 0 Å². The second-order valence-corrected chi connectivity index (χ2v) is 6.88.